The first-order chi connectivity index (χ1) is 6.90. The van der Waals surface area contributed by atoms with Crippen molar-refractivity contribution in [1.29, 1.82) is 0 Å². The van der Waals surface area contributed by atoms with E-state index in [1.807, 2.05) is 0 Å². The van der Waals surface area contributed by atoms with Crippen LogP contribution in [-0.2, 0) is 12.8 Å². The van der Waals surface area contributed by atoms with Crippen molar-refractivity contribution in [2.75, 3.05) is 6.54 Å². The Bertz CT molecular complexity index is 342. The highest BCUT2D eigenvalue weighted by Crippen LogP contribution is 2.48. The lowest BCUT2D eigenvalue weighted by molar-refractivity contribution is 0.671. The Morgan fingerprint density at radius 3 is 3.00 bits per heavy atom. The van der Waals surface area contributed by atoms with E-state index >= 15 is 0 Å². The molecule has 3 nitrogen and oxygen atoms in total. The fourth-order valence-electron chi connectivity index (χ4n) is 2.66. The molecule has 1 saturated carbocycles. The van der Waals surface area contributed by atoms with E-state index in [0.717, 1.165) is 6.54 Å². The van der Waals surface area contributed by atoms with Gasteiger partial charge in [0.1, 0.15) is 0 Å². The summed E-state index contributed by atoms with van der Waals surface area (Å²) in [4.78, 5) is 0. The molecule has 3 rings (SSSR count). The van der Waals surface area contributed by atoms with Crippen molar-refractivity contribution >= 4 is 0 Å². The van der Waals surface area contributed by atoms with Crippen molar-refractivity contribution in [3.63, 3.8) is 0 Å². The van der Waals surface area contributed by atoms with Gasteiger partial charge in [0.2, 0.25) is 0 Å². The summed E-state index contributed by atoms with van der Waals surface area (Å²) in [6.07, 6.45) is 6.34. The zero-order valence-electron chi connectivity index (χ0n) is 8.42. The second-order valence-electron chi connectivity index (χ2n) is 4.61. The van der Waals surface area contributed by atoms with Crippen LogP contribution >= 0.6 is 0 Å². The maximum atomic E-state index is 5.67. The number of rotatable bonds is 2. The Labute approximate surface area is 84.1 Å². The first-order valence-electron chi connectivity index (χ1n) is 5.66. The van der Waals surface area contributed by atoms with Crippen molar-refractivity contribution in [3.05, 3.63) is 17.0 Å². The van der Waals surface area contributed by atoms with Crippen LogP contribution in [0.1, 0.15) is 42.1 Å². The van der Waals surface area contributed by atoms with Gasteiger partial charge in [-0.3, -0.25) is 5.10 Å². The van der Waals surface area contributed by atoms with E-state index in [1.54, 1.807) is 0 Å². The van der Waals surface area contributed by atoms with E-state index in [9.17, 15) is 0 Å². The Kier molecular flexibility index (Phi) is 1.87. The van der Waals surface area contributed by atoms with Gasteiger partial charge in [0.05, 0.1) is 5.69 Å². The lowest BCUT2D eigenvalue weighted by Crippen LogP contribution is -2.05. The molecule has 1 aromatic rings. The van der Waals surface area contributed by atoms with E-state index < -0.39 is 0 Å². The number of hydrogen-bond donors (Lipinski definition) is 2. The number of aryl methyl sites for hydroxylation is 1. The van der Waals surface area contributed by atoms with E-state index in [0.29, 0.717) is 11.8 Å². The predicted molar refractivity (Wildman–Crippen MR) is 55.1 cm³/mol. The zero-order valence-corrected chi connectivity index (χ0v) is 8.42. The minimum Gasteiger partial charge on any atom is -0.330 e. The molecule has 2 aliphatic carbocycles. The lowest BCUT2D eigenvalue weighted by Gasteiger charge is -2.10. The number of fused-ring (bicyclic) bond motifs is 1. The summed E-state index contributed by atoms with van der Waals surface area (Å²) in [5, 5.41) is 7.68. The minimum absolute atomic E-state index is 0.679. The van der Waals surface area contributed by atoms with E-state index in [2.05, 4.69) is 10.2 Å². The van der Waals surface area contributed by atoms with E-state index in [1.165, 1.54) is 49.1 Å². The monoisotopic (exact) mass is 191 g/mol. The molecule has 0 spiro atoms. The average molecular weight is 191 g/mol. The topological polar surface area (TPSA) is 54.7 Å². The fraction of sp³-hybridized carbons (Fsp3) is 0.727. The van der Waals surface area contributed by atoms with Crippen molar-refractivity contribution < 1.29 is 0 Å². The summed E-state index contributed by atoms with van der Waals surface area (Å²) < 4.78 is 0. The van der Waals surface area contributed by atoms with Crippen LogP contribution in [0.5, 0.6) is 0 Å². The van der Waals surface area contributed by atoms with Gasteiger partial charge in [0, 0.05) is 11.6 Å². The van der Waals surface area contributed by atoms with Crippen LogP contribution in [0.4, 0.5) is 0 Å². The Hall–Kier alpha value is -0.830. The van der Waals surface area contributed by atoms with Crippen molar-refractivity contribution in [1.82, 2.24) is 10.2 Å². The number of aromatic amines is 1. The summed E-state index contributed by atoms with van der Waals surface area (Å²) in [5.41, 5.74) is 9.93. The molecule has 3 heteroatoms. The maximum Gasteiger partial charge on any atom is 0.0691 e. The summed E-state index contributed by atoms with van der Waals surface area (Å²) in [6, 6.07) is 0. The average Bonchev–Trinajstić information content (AvgIpc) is 2.90. The van der Waals surface area contributed by atoms with Gasteiger partial charge in [-0.25, -0.2) is 0 Å². The lowest BCUT2D eigenvalue weighted by atomic mass is 9.94. The Morgan fingerprint density at radius 1 is 1.36 bits per heavy atom. The fourth-order valence-corrected chi connectivity index (χ4v) is 2.66. The second kappa shape index (κ2) is 3.09. The van der Waals surface area contributed by atoms with Gasteiger partial charge in [0.25, 0.3) is 0 Å². The molecule has 0 aliphatic heterocycles. The van der Waals surface area contributed by atoms with Crippen LogP contribution in [0.2, 0.25) is 0 Å². The van der Waals surface area contributed by atoms with Gasteiger partial charge in [-0.05, 0) is 50.1 Å². The number of aromatic nitrogens is 2. The molecular formula is C11H17N3. The molecular weight excluding hydrogens is 174 g/mol. The quantitative estimate of drug-likeness (QED) is 0.741. The largest absolute Gasteiger partial charge is 0.330 e. The molecule has 0 radical (unpaired) electrons. The number of nitrogens with one attached hydrogen (secondary N) is 1. The van der Waals surface area contributed by atoms with Crippen LogP contribution in [-0.4, -0.2) is 16.7 Å². The highest BCUT2D eigenvalue weighted by atomic mass is 15.1. The minimum atomic E-state index is 0.679. The van der Waals surface area contributed by atoms with Crippen molar-refractivity contribution in [3.8, 4) is 0 Å². The molecule has 0 bridgehead atoms. The number of H-pyrrole nitrogens is 1. The van der Waals surface area contributed by atoms with Crippen LogP contribution in [0.15, 0.2) is 0 Å². The Morgan fingerprint density at radius 2 is 2.21 bits per heavy atom. The molecule has 0 saturated heterocycles. The molecule has 0 aromatic carbocycles. The van der Waals surface area contributed by atoms with Gasteiger partial charge in [-0.1, -0.05) is 0 Å². The molecule has 2 aliphatic rings. The Balaban J connectivity index is 1.88. The molecule has 1 fully saturated rings. The summed E-state index contributed by atoms with van der Waals surface area (Å²) in [7, 11) is 0. The van der Waals surface area contributed by atoms with Crippen LogP contribution < -0.4 is 5.73 Å². The van der Waals surface area contributed by atoms with E-state index in [-0.39, 0.29) is 0 Å². The highest BCUT2D eigenvalue weighted by molar-refractivity contribution is 5.33. The molecule has 3 N–H and O–H groups in total. The smallest absolute Gasteiger partial charge is 0.0691 e. The summed E-state index contributed by atoms with van der Waals surface area (Å²) in [5.74, 6) is 1.39. The molecule has 2 unspecified atom stereocenters. The van der Waals surface area contributed by atoms with Gasteiger partial charge in [-0.2, -0.15) is 5.10 Å². The van der Waals surface area contributed by atoms with Crippen LogP contribution in [0, 0.1) is 5.92 Å². The number of hydrogen-bond acceptors (Lipinski definition) is 2. The second-order valence-corrected chi connectivity index (χ2v) is 4.61. The first-order valence-corrected chi connectivity index (χ1v) is 5.66. The third-order valence-electron chi connectivity index (χ3n) is 3.66. The van der Waals surface area contributed by atoms with Gasteiger partial charge in [0.15, 0.2) is 0 Å². The molecule has 14 heavy (non-hydrogen) atoms. The first kappa shape index (κ1) is 8.48. The number of nitrogens with zero attached hydrogens (tertiary/aromatic N) is 1. The van der Waals surface area contributed by atoms with Gasteiger partial charge >= 0.3 is 0 Å². The molecule has 1 heterocycles. The molecule has 76 valence electrons. The summed E-state index contributed by atoms with van der Waals surface area (Å²) in [6.45, 7) is 0.826. The third-order valence-corrected chi connectivity index (χ3v) is 3.66. The van der Waals surface area contributed by atoms with E-state index in [4.69, 9.17) is 5.73 Å². The normalized spacial score (nSPS) is 30.1. The predicted octanol–water partition coefficient (Wildman–Crippen LogP) is 1.35. The number of nitrogens with two attached hydrogens (primary N) is 1. The SMILES string of the molecule is NCC1CC1c1n[nH]c2c1CCCC2. The molecule has 1 aromatic heterocycles. The van der Waals surface area contributed by atoms with Crippen LogP contribution in [0.25, 0.3) is 0 Å². The maximum absolute atomic E-state index is 5.67. The third kappa shape index (κ3) is 1.19. The van der Waals surface area contributed by atoms with Gasteiger partial charge < -0.3 is 5.73 Å². The standard InChI is InChI=1S/C11H17N3/c12-6-7-5-9(7)11-8-3-1-2-4-10(8)13-14-11/h7,9H,1-6,12H2,(H,13,14). The van der Waals surface area contributed by atoms with Crippen molar-refractivity contribution in [2.24, 2.45) is 11.7 Å². The molecule has 0 amide bonds. The van der Waals surface area contributed by atoms with Crippen LogP contribution in [0.3, 0.4) is 0 Å². The molecule has 2 atom stereocenters. The zero-order chi connectivity index (χ0) is 9.54. The van der Waals surface area contributed by atoms with Crippen molar-refractivity contribution in [2.45, 2.75) is 38.0 Å². The highest BCUT2D eigenvalue weighted by Gasteiger charge is 2.40. The van der Waals surface area contributed by atoms with Gasteiger partial charge in [-0.15, -0.1) is 0 Å². The summed E-state index contributed by atoms with van der Waals surface area (Å²) >= 11 is 0.